The Balaban J connectivity index is 0.00000172. The van der Waals surface area contributed by atoms with Crippen molar-refractivity contribution in [2.24, 2.45) is 0 Å². The second kappa shape index (κ2) is 12.2. The fourth-order valence-electron chi connectivity index (χ4n) is 2.40. The molecule has 1 N–H and O–H groups in total. The van der Waals surface area contributed by atoms with Gasteiger partial charge in [0.15, 0.2) is 0 Å². The largest absolute Gasteiger partial charge is 0.314 e. The molecule has 20 heavy (non-hydrogen) atoms. The lowest BCUT2D eigenvalue weighted by Gasteiger charge is -2.19. The first-order chi connectivity index (χ1) is 9.61. The van der Waals surface area contributed by atoms with Crippen LogP contribution in [0.4, 0.5) is 0 Å². The van der Waals surface area contributed by atoms with Gasteiger partial charge in [-0.25, -0.2) is 0 Å². The maximum Gasteiger partial charge on any atom is 0.00797 e. The molecule has 1 atom stereocenters. The van der Waals surface area contributed by atoms with Crippen molar-refractivity contribution in [1.82, 2.24) is 10.2 Å². The molecular weight excluding hydrogens is 244 g/mol. The summed E-state index contributed by atoms with van der Waals surface area (Å²) in [7, 11) is 2.24. The second-order valence-electron chi connectivity index (χ2n) is 5.66. The van der Waals surface area contributed by atoms with Crippen LogP contribution in [-0.2, 0) is 0 Å². The van der Waals surface area contributed by atoms with Crippen LogP contribution in [0.5, 0.6) is 0 Å². The van der Waals surface area contributed by atoms with Gasteiger partial charge in [-0.2, -0.15) is 0 Å². The van der Waals surface area contributed by atoms with E-state index in [9.17, 15) is 0 Å². The normalized spacial score (nSPS) is 20.1. The smallest absolute Gasteiger partial charge is 0.00797 e. The standard InChI is InChI=1S/C16H30N2.C2H6/c1-5-14(2)13-15(3)8-11-18(4)12-9-16-7-6-10-17-16;1-2/h5,13,16-17H,6-12H2,1-4H3;1-2H3/b14-5-,15-13-;. The average Bonchev–Trinajstić information content (AvgIpc) is 2.98. The van der Waals surface area contributed by atoms with Gasteiger partial charge in [0, 0.05) is 12.6 Å². The minimum atomic E-state index is 0.773. The van der Waals surface area contributed by atoms with Crippen molar-refractivity contribution in [3.63, 3.8) is 0 Å². The average molecular weight is 280 g/mol. The maximum absolute atomic E-state index is 3.57. The summed E-state index contributed by atoms with van der Waals surface area (Å²) in [5.41, 5.74) is 2.85. The van der Waals surface area contributed by atoms with Crippen LogP contribution in [0.2, 0.25) is 0 Å². The summed E-state index contributed by atoms with van der Waals surface area (Å²) < 4.78 is 0. The molecule has 1 heterocycles. The number of nitrogens with one attached hydrogen (secondary N) is 1. The zero-order valence-corrected chi connectivity index (χ0v) is 14.6. The van der Waals surface area contributed by atoms with Gasteiger partial charge in [0.1, 0.15) is 0 Å². The number of hydrogen-bond acceptors (Lipinski definition) is 2. The van der Waals surface area contributed by atoms with E-state index in [1.807, 2.05) is 13.8 Å². The lowest BCUT2D eigenvalue weighted by molar-refractivity contribution is 0.316. The fraction of sp³-hybridized carbons (Fsp3) is 0.778. The molecule has 0 aromatic carbocycles. The predicted molar refractivity (Wildman–Crippen MR) is 92.3 cm³/mol. The second-order valence-corrected chi connectivity index (χ2v) is 5.66. The number of nitrogens with zero attached hydrogens (tertiary/aromatic N) is 1. The van der Waals surface area contributed by atoms with Gasteiger partial charge in [0.2, 0.25) is 0 Å². The molecule has 0 saturated carbocycles. The first kappa shape index (κ1) is 19.4. The van der Waals surface area contributed by atoms with Crippen molar-refractivity contribution in [2.75, 3.05) is 26.7 Å². The molecule has 0 aromatic heterocycles. The van der Waals surface area contributed by atoms with Gasteiger partial charge in [-0.15, -0.1) is 0 Å². The molecule has 1 rings (SSSR count). The summed E-state index contributed by atoms with van der Waals surface area (Å²) in [5.74, 6) is 0. The van der Waals surface area contributed by atoms with Crippen molar-refractivity contribution >= 4 is 0 Å². The van der Waals surface area contributed by atoms with Gasteiger partial charge in [-0.3, -0.25) is 0 Å². The Kier molecular flexibility index (Phi) is 11.8. The van der Waals surface area contributed by atoms with E-state index in [0.29, 0.717) is 0 Å². The van der Waals surface area contributed by atoms with E-state index < -0.39 is 0 Å². The highest BCUT2D eigenvalue weighted by Gasteiger charge is 2.13. The van der Waals surface area contributed by atoms with E-state index >= 15 is 0 Å². The molecule has 1 unspecified atom stereocenters. The first-order valence-electron chi connectivity index (χ1n) is 8.34. The van der Waals surface area contributed by atoms with E-state index in [0.717, 1.165) is 6.04 Å². The summed E-state index contributed by atoms with van der Waals surface area (Å²) in [6, 6.07) is 0.773. The van der Waals surface area contributed by atoms with E-state index in [1.54, 1.807) is 0 Å². The molecule has 2 heteroatoms. The summed E-state index contributed by atoms with van der Waals surface area (Å²) in [5, 5.41) is 3.57. The Labute approximate surface area is 127 Å². The van der Waals surface area contributed by atoms with Crippen LogP contribution in [0.25, 0.3) is 0 Å². The third kappa shape index (κ3) is 9.33. The Hall–Kier alpha value is -0.600. The molecule has 1 aliphatic rings. The topological polar surface area (TPSA) is 15.3 Å². The predicted octanol–water partition coefficient (Wildman–Crippen LogP) is 4.39. The van der Waals surface area contributed by atoms with Crippen molar-refractivity contribution in [3.8, 4) is 0 Å². The summed E-state index contributed by atoms with van der Waals surface area (Å²) in [6.07, 6.45) is 9.67. The molecule has 0 spiro atoms. The van der Waals surface area contributed by atoms with Crippen LogP contribution >= 0.6 is 0 Å². The Morgan fingerprint density at radius 3 is 2.50 bits per heavy atom. The third-order valence-corrected chi connectivity index (χ3v) is 3.84. The van der Waals surface area contributed by atoms with Gasteiger partial charge in [-0.05, 0) is 66.6 Å². The molecule has 2 nitrogen and oxygen atoms in total. The van der Waals surface area contributed by atoms with Crippen molar-refractivity contribution in [2.45, 2.75) is 66.3 Å². The van der Waals surface area contributed by atoms with E-state index in [4.69, 9.17) is 0 Å². The SMILES string of the molecule is C/C=C(C)\C=C(\C)CCN(C)CCC1CCCN1.CC. The number of hydrogen-bond donors (Lipinski definition) is 1. The highest BCUT2D eigenvalue weighted by molar-refractivity contribution is 5.19. The molecule has 0 amide bonds. The number of allylic oxidation sites excluding steroid dienone is 3. The van der Waals surface area contributed by atoms with Gasteiger partial charge in [0.05, 0.1) is 0 Å². The van der Waals surface area contributed by atoms with Crippen LogP contribution in [0.3, 0.4) is 0 Å². The molecule has 0 radical (unpaired) electrons. The van der Waals surface area contributed by atoms with Gasteiger partial charge >= 0.3 is 0 Å². The molecule has 1 saturated heterocycles. The third-order valence-electron chi connectivity index (χ3n) is 3.84. The maximum atomic E-state index is 3.57. The lowest BCUT2D eigenvalue weighted by Crippen LogP contribution is -2.29. The van der Waals surface area contributed by atoms with Crippen LogP contribution in [0.1, 0.15) is 60.3 Å². The van der Waals surface area contributed by atoms with Crippen molar-refractivity contribution < 1.29 is 0 Å². The Morgan fingerprint density at radius 2 is 1.95 bits per heavy atom. The molecular formula is C18H36N2. The Bertz CT molecular complexity index is 286. The van der Waals surface area contributed by atoms with E-state index in [-0.39, 0.29) is 0 Å². The van der Waals surface area contributed by atoms with Crippen LogP contribution < -0.4 is 5.32 Å². The van der Waals surface area contributed by atoms with Gasteiger partial charge in [0.25, 0.3) is 0 Å². The fourth-order valence-corrected chi connectivity index (χ4v) is 2.40. The van der Waals surface area contributed by atoms with Crippen molar-refractivity contribution in [3.05, 3.63) is 23.3 Å². The summed E-state index contributed by atoms with van der Waals surface area (Å²) in [6.45, 7) is 14.1. The van der Waals surface area contributed by atoms with Crippen molar-refractivity contribution in [1.29, 1.82) is 0 Å². The molecule has 0 bridgehead atoms. The lowest BCUT2D eigenvalue weighted by atomic mass is 10.1. The van der Waals surface area contributed by atoms with E-state index in [2.05, 4.69) is 50.2 Å². The first-order valence-corrected chi connectivity index (χ1v) is 8.34. The zero-order valence-electron chi connectivity index (χ0n) is 14.6. The van der Waals surface area contributed by atoms with Gasteiger partial charge < -0.3 is 10.2 Å². The number of rotatable bonds is 7. The zero-order chi connectivity index (χ0) is 15.4. The van der Waals surface area contributed by atoms with Crippen LogP contribution in [0, 0.1) is 0 Å². The minimum absolute atomic E-state index is 0.773. The highest BCUT2D eigenvalue weighted by atomic mass is 15.1. The molecule has 0 aliphatic carbocycles. The Morgan fingerprint density at radius 1 is 1.25 bits per heavy atom. The highest BCUT2D eigenvalue weighted by Crippen LogP contribution is 2.10. The van der Waals surface area contributed by atoms with Gasteiger partial charge in [-0.1, -0.05) is 37.1 Å². The van der Waals surface area contributed by atoms with E-state index in [1.165, 1.54) is 56.5 Å². The minimum Gasteiger partial charge on any atom is -0.314 e. The molecule has 1 fully saturated rings. The summed E-state index contributed by atoms with van der Waals surface area (Å²) >= 11 is 0. The van der Waals surface area contributed by atoms with Crippen LogP contribution in [-0.4, -0.2) is 37.6 Å². The van der Waals surface area contributed by atoms with Crippen LogP contribution in [0.15, 0.2) is 23.3 Å². The summed E-state index contributed by atoms with van der Waals surface area (Å²) in [4.78, 5) is 2.46. The molecule has 118 valence electrons. The molecule has 0 aromatic rings. The monoisotopic (exact) mass is 280 g/mol. The quantitative estimate of drug-likeness (QED) is 0.696. The molecule has 1 aliphatic heterocycles.